The van der Waals surface area contributed by atoms with Crippen LogP contribution in [-0.2, 0) is 14.3 Å². The summed E-state index contributed by atoms with van der Waals surface area (Å²) in [6, 6.07) is 11.6. The Morgan fingerprint density at radius 3 is 2.44 bits per heavy atom. The van der Waals surface area contributed by atoms with E-state index < -0.39 is 23.6 Å². The smallest absolute Gasteiger partial charge is 0.379 e. The Labute approximate surface area is 165 Å². The quantitative estimate of drug-likeness (QED) is 0.463. The number of carbonyl (C=O) groups excluding carboxylic acids is 2. The standard InChI is InChI=1S/C19H14ClFN2O3S/c1-26-18(25)17(24)14-15(10-6-8-11(21)9-7-10)22-19(27)23-16(14)12-4-2-3-5-13(12)20/h2-9,16H,1H3,(H2,22,23,27)/t16-/m1/s1. The van der Waals surface area contributed by atoms with Gasteiger partial charge in [-0.3, -0.25) is 4.79 Å². The third kappa shape index (κ3) is 3.84. The summed E-state index contributed by atoms with van der Waals surface area (Å²) >= 11 is 11.6. The minimum absolute atomic E-state index is 0.0789. The molecule has 27 heavy (non-hydrogen) atoms. The summed E-state index contributed by atoms with van der Waals surface area (Å²) in [5.41, 5.74) is 1.42. The number of hydrogen-bond acceptors (Lipinski definition) is 4. The Morgan fingerprint density at radius 2 is 1.81 bits per heavy atom. The van der Waals surface area contributed by atoms with Gasteiger partial charge in [-0.05, 0) is 53.7 Å². The van der Waals surface area contributed by atoms with Crippen molar-refractivity contribution in [1.29, 1.82) is 0 Å². The third-order valence-corrected chi connectivity index (χ3v) is 4.60. The molecule has 1 aliphatic heterocycles. The van der Waals surface area contributed by atoms with Gasteiger partial charge in [0, 0.05) is 5.02 Å². The maximum absolute atomic E-state index is 13.3. The molecule has 0 unspecified atom stereocenters. The van der Waals surface area contributed by atoms with Crippen molar-refractivity contribution in [2.75, 3.05) is 7.11 Å². The summed E-state index contributed by atoms with van der Waals surface area (Å²) in [5, 5.41) is 6.49. The second kappa shape index (κ2) is 7.85. The first-order valence-corrected chi connectivity index (χ1v) is 8.65. The highest BCUT2D eigenvalue weighted by atomic mass is 35.5. The Kier molecular flexibility index (Phi) is 5.53. The molecule has 0 spiro atoms. The minimum atomic E-state index is -1.03. The summed E-state index contributed by atoms with van der Waals surface area (Å²) in [6.45, 7) is 0. The second-order valence-electron chi connectivity index (χ2n) is 5.67. The lowest BCUT2D eigenvalue weighted by Crippen LogP contribution is -2.46. The highest BCUT2D eigenvalue weighted by molar-refractivity contribution is 7.80. The molecule has 8 heteroatoms. The zero-order valence-electron chi connectivity index (χ0n) is 14.1. The Balaban J connectivity index is 2.25. The molecule has 2 aromatic rings. The number of ether oxygens (including phenoxy) is 1. The van der Waals surface area contributed by atoms with Gasteiger partial charge in [0.05, 0.1) is 24.4 Å². The van der Waals surface area contributed by atoms with Crippen LogP contribution < -0.4 is 10.6 Å². The minimum Gasteiger partial charge on any atom is -0.463 e. The van der Waals surface area contributed by atoms with Gasteiger partial charge in [0.25, 0.3) is 5.78 Å². The van der Waals surface area contributed by atoms with Gasteiger partial charge in [0.2, 0.25) is 0 Å². The number of benzene rings is 2. The molecule has 0 aromatic heterocycles. The van der Waals surface area contributed by atoms with Crippen LogP contribution in [0.3, 0.4) is 0 Å². The third-order valence-electron chi connectivity index (χ3n) is 4.04. The summed E-state index contributed by atoms with van der Waals surface area (Å²) in [6.07, 6.45) is 0. The van der Waals surface area contributed by atoms with Crippen LogP contribution in [0.1, 0.15) is 17.2 Å². The van der Waals surface area contributed by atoms with Crippen molar-refractivity contribution in [3.63, 3.8) is 0 Å². The summed E-state index contributed by atoms with van der Waals surface area (Å²) < 4.78 is 17.9. The fraction of sp³-hybridized carbons (Fsp3) is 0.105. The summed E-state index contributed by atoms with van der Waals surface area (Å²) in [5.74, 6) is -2.32. The van der Waals surface area contributed by atoms with Crippen molar-refractivity contribution in [2.24, 2.45) is 0 Å². The average molecular weight is 405 g/mol. The zero-order chi connectivity index (χ0) is 19.6. The van der Waals surface area contributed by atoms with Gasteiger partial charge in [-0.25, -0.2) is 9.18 Å². The first kappa shape index (κ1) is 19.0. The van der Waals surface area contributed by atoms with E-state index in [9.17, 15) is 14.0 Å². The highest BCUT2D eigenvalue weighted by Crippen LogP contribution is 2.35. The van der Waals surface area contributed by atoms with Crippen LogP contribution >= 0.6 is 23.8 Å². The average Bonchev–Trinajstić information content (AvgIpc) is 2.67. The molecule has 138 valence electrons. The highest BCUT2D eigenvalue weighted by Gasteiger charge is 2.36. The van der Waals surface area contributed by atoms with E-state index in [0.29, 0.717) is 21.8 Å². The van der Waals surface area contributed by atoms with Gasteiger partial charge in [-0.1, -0.05) is 29.8 Å². The van der Waals surface area contributed by atoms with E-state index in [1.54, 1.807) is 24.3 Å². The molecule has 0 fully saturated rings. The van der Waals surface area contributed by atoms with Gasteiger partial charge in [-0.15, -0.1) is 0 Å². The number of rotatable bonds is 4. The largest absolute Gasteiger partial charge is 0.463 e. The second-order valence-corrected chi connectivity index (χ2v) is 6.48. The van der Waals surface area contributed by atoms with Gasteiger partial charge in [-0.2, -0.15) is 0 Å². The fourth-order valence-corrected chi connectivity index (χ4v) is 3.26. The van der Waals surface area contributed by atoms with Crippen LogP contribution in [0.25, 0.3) is 5.70 Å². The number of esters is 1. The molecule has 0 saturated heterocycles. The Bertz CT molecular complexity index is 960. The normalized spacial score (nSPS) is 16.4. The number of halogens is 2. The van der Waals surface area contributed by atoms with E-state index in [4.69, 9.17) is 23.8 Å². The summed E-state index contributed by atoms with van der Waals surface area (Å²) in [4.78, 5) is 24.8. The lowest BCUT2D eigenvalue weighted by molar-refractivity contribution is -0.150. The molecule has 0 aliphatic carbocycles. The molecule has 0 amide bonds. The van der Waals surface area contributed by atoms with E-state index >= 15 is 0 Å². The van der Waals surface area contributed by atoms with Crippen LogP contribution in [0.5, 0.6) is 0 Å². The van der Waals surface area contributed by atoms with Crippen LogP contribution in [0.2, 0.25) is 5.02 Å². The van der Waals surface area contributed by atoms with Gasteiger partial charge in [0.1, 0.15) is 5.82 Å². The first-order chi connectivity index (χ1) is 12.9. The van der Waals surface area contributed by atoms with Crippen molar-refractivity contribution in [3.8, 4) is 0 Å². The molecule has 0 bridgehead atoms. The number of Topliss-reactive ketones (excluding diaryl/α,β-unsaturated/α-hetero) is 1. The van der Waals surface area contributed by atoms with Gasteiger partial charge in [0.15, 0.2) is 5.11 Å². The maximum atomic E-state index is 13.3. The molecule has 0 saturated carbocycles. The number of carbonyl (C=O) groups is 2. The van der Waals surface area contributed by atoms with Crippen LogP contribution in [0.4, 0.5) is 4.39 Å². The molecule has 1 heterocycles. The summed E-state index contributed by atoms with van der Waals surface area (Å²) in [7, 11) is 1.12. The molecule has 3 rings (SSSR count). The first-order valence-electron chi connectivity index (χ1n) is 7.87. The number of methoxy groups -OCH3 is 1. The topological polar surface area (TPSA) is 67.4 Å². The number of thiocarbonyl (C=S) groups is 1. The van der Waals surface area contributed by atoms with Crippen molar-refractivity contribution < 1.29 is 18.7 Å². The number of ketones is 1. The molecule has 2 aromatic carbocycles. The lowest BCUT2D eigenvalue weighted by Gasteiger charge is -2.31. The number of hydrogen-bond donors (Lipinski definition) is 2. The van der Waals surface area contributed by atoms with E-state index in [-0.39, 0.29) is 10.7 Å². The maximum Gasteiger partial charge on any atom is 0.379 e. The molecular weight excluding hydrogens is 391 g/mol. The van der Waals surface area contributed by atoms with Crippen LogP contribution in [-0.4, -0.2) is 24.0 Å². The predicted octanol–water partition coefficient (Wildman–Crippen LogP) is 3.15. The van der Waals surface area contributed by atoms with Gasteiger partial charge >= 0.3 is 5.97 Å². The van der Waals surface area contributed by atoms with Crippen molar-refractivity contribution >= 4 is 46.4 Å². The molecule has 1 atom stereocenters. The SMILES string of the molecule is COC(=O)C(=O)C1=C(c2ccc(F)cc2)NC(=S)N[C@@H]1c1ccccc1Cl. The van der Waals surface area contributed by atoms with Crippen molar-refractivity contribution in [2.45, 2.75) is 6.04 Å². The Hall–Kier alpha value is -2.77. The molecule has 5 nitrogen and oxygen atoms in total. The van der Waals surface area contributed by atoms with E-state index in [1.807, 2.05) is 0 Å². The van der Waals surface area contributed by atoms with Crippen molar-refractivity contribution in [3.05, 3.63) is 76.1 Å². The molecule has 0 radical (unpaired) electrons. The van der Waals surface area contributed by atoms with E-state index in [1.165, 1.54) is 24.3 Å². The fourth-order valence-electron chi connectivity index (χ4n) is 2.80. The zero-order valence-corrected chi connectivity index (χ0v) is 15.7. The van der Waals surface area contributed by atoms with Crippen molar-refractivity contribution in [1.82, 2.24) is 10.6 Å². The molecule has 2 N–H and O–H groups in total. The molecular formula is C19H14ClFN2O3S. The monoisotopic (exact) mass is 404 g/mol. The Morgan fingerprint density at radius 1 is 1.15 bits per heavy atom. The number of nitrogens with one attached hydrogen (secondary N) is 2. The van der Waals surface area contributed by atoms with Crippen LogP contribution in [0.15, 0.2) is 54.1 Å². The lowest BCUT2D eigenvalue weighted by atomic mass is 9.90. The van der Waals surface area contributed by atoms with E-state index in [0.717, 1.165) is 7.11 Å². The van der Waals surface area contributed by atoms with Gasteiger partial charge < -0.3 is 15.4 Å². The predicted molar refractivity (Wildman–Crippen MR) is 103 cm³/mol. The van der Waals surface area contributed by atoms with E-state index in [2.05, 4.69) is 15.4 Å². The van der Waals surface area contributed by atoms with Crippen LogP contribution in [0, 0.1) is 5.82 Å². The molecule has 1 aliphatic rings.